The smallest absolute Gasteiger partial charge is 0.180 e. The van der Waals surface area contributed by atoms with Gasteiger partial charge < -0.3 is 13.9 Å². The third-order valence-corrected chi connectivity index (χ3v) is 5.80. The van der Waals surface area contributed by atoms with Crippen LogP contribution in [0.4, 0.5) is 0 Å². The summed E-state index contributed by atoms with van der Waals surface area (Å²) in [6.45, 7) is 10.2. The van der Waals surface area contributed by atoms with Crippen molar-refractivity contribution in [1.29, 1.82) is 0 Å². The second-order valence-electron chi connectivity index (χ2n) is 7.30. The van der Waals surface area contributed by atoms with Crippen LogP contribution in [0.3, 0.4) is 0 Å². The van der Waals surface area contributed by atoms with Crippen LogP contribution in [0, 0.1) is 6.92 Å². The Bertz CT molecular complexity index is 869. The predicted octanol–water partition coefficient (Wildman–Crippen LogP) is 4.71. The van der Waals surface area contributed by atoms with E-state index in [1.807, 2.05) is 36.0 Å². The molecule has 0 spiro atoms. The zero-order chi connectivity index (χ0) is 18.0. The van der Waals surface area contributed by atoms with Crippen LogP contribution in [0.5, 0.6) is 11.5 Å². The van der Waals surface area contributed by atoms with Gasteiger partial charge in [-0.15, -0.1) is 0 Å². The molecule has 0 aliphatic rings. The molecule has 0 N–H and O–H groups in total. The highest BCUT2D eigenvalue weighted by Gasteiger charge is 2.13. The van der Waals surface area contributed by atoms with Gasteiger partial charge in [0.25, 0.3) is 0 Å². The lowest BCUT2D eigenvalue weighted by Crippen LogP contribution is -2.22. The van der Waals surface area contributed by atoms with Crippen LogP contribution >= 0.6 is 15.9 Å². The van der Waals surface area contributed by atoms with E-state index >= 15 is 0 Å². The van der Waals surface area contributed by atoms with Gasteiger partial charge in [-0.3, -0.25) is 0 Å². The van der Waals surface area contributed by atoms with E-state index in [0.717, 1.165) is 28.5 Å². The molecule has 0 amide bonds. The Kier molecular flexibility index (Phi) is 5.31. The molecule has 0 bridgehead atoms. The Labute approximate surface area is 156 Å². The number of fused-ring (bicyclic) bond motifs is 1. The van der Waals surface area contributed by atoms with Crippen LogP contribution in [0.15, 0.2) is 35.3 Å². The molecule has 0 aliphatic carbocycles. The van der Waals surface area contributed by atoms with Gasteiger partial charge in [-0.05, 0) is 28.9 Å². The van der Waals surface area contributed by atoms with Crippen LogP contribution in [0.2, 0.25) is 25.7 Å². The molecule has 3 aromatic heterocycles. The molecule has 3 heterocycles. The fourth-order valence-electron chi connectivity index (χ4n) is 2.36. The highest BCUT2D eigenvalue weighted by atomic mass is 79.9. The summed E-state index contributed by atoms with van der Waals surface area (Å²) in [6.07, 6.45) is 7.44. The Morgan fingerprint density at radius 2 is 2.00 bits per heavy atom. The molecule has 3 aromatic rings. The van der Waals surface area contributed by atoms with Crippen molar-refractivity contribution in [3.8, 4) is 11.5 Å². The summed E-state index contributed by atoms with van der Waals surface area (Å²) in [5.41, 5.74) is 1.72. The number of aryl methyl sites for hydroxylation is 1. The second kappa shape index (κ2) is 7.31. The van der Waals surface area contributed by atoms with Gasteiger partial charge in [0, 0.05) is 37.6 Å². The molecule has 0 fully saturated rings. The van der Waals surface area contributed by atoms with E-state index in [2.05, 4.69) is 45.7 Å². The molecule has 0 saturated heterocycles. The summed E-state index contributed by atoms with van der Waals surface area (Å²) in [4.78, 5) is 4.51. The van der Waals surface area contributed by atoms with Crippen molar-refractivity contribution in [2.45, 2.75) is 39.3 Å². The number of imidazole rings is 1. The average molecular weight is 423 g/mol. The Morgan fingerprint density at radius 1 is 1.20 bits per heavy atom. The SMILES string of the molecule is Cc1cn2cc(Br)cc(Oc3cnn(COCC[Si](C)(C)C)c3)c2n1. The summed E-state index contributed by atoms with van der Waals surface area (Å²) in [5.74, 6) is 1.34. The standard InChI is InChI=1S/C17H23BrN4O2Si/c1-13-9-21-10-14(18)7-16(17(21)20-13)24-15-8-19-22(11-15)12-23-5-6-25(2,3)4/h7-11H,5-6,12H2,1-4H3. The summed E-state index contributed by atoms with van der Waals surface area (Å²) in [6, 6.07) is 3.05. The summed E-state index contributed by atoms with van der Waals surface area (Å²) < 4.78 is 16.3. The van der Waals surface area contributed by atoms with Crippen LogP contribution in [0.25, 0.3) is 5.65 Å². The molecule has 0 aliphatic heterocycles. The van der Waals surface area contributed by atoms with Gasteiger partial charge in [-0.1, -0.05) is 19.6 Å². The molecule has 6 nitrogen and oxygen atoms in total. The van der Waals surface area contributed by atoms with Crippen molar-refractivity contribution in [3.05, 3.63) is 41.0 Å². The molecule has 0 atom stereocenters. The number of hydrogen-bond acceptors (Lipinski definition) is 4. The van der Waals surface area contributed by atoms with Crippen LogP contribution in [-0.2, 0) is 11.5 Å². The van der Waals surface area contributed by atoms with Crippen molar-refractivity contribution in [3.63, 3.8) is 0 Å². The number of nitrogens with zero attached hydrogens (tertiary/aromatic N) is 4. The molecule has 0 unspecified atom stereocenters. The normalized spacial score (nSPS) is 12.0. The van der Waals surface area contributed by atoms with Crippen molar-refractivity contribution in [2.75, 3.05) is 6.61 Å². The lowest BCUT2D eigenvalue weighted by Gasteiger charge is -2.15. The number of ether oxygens (including phenoxy) is 2. The van der Waals surface area contributed by atoms with E-state index in [9.17, 15) is 0 Å². The molecule has 0 saturated carbocycles. The molecule has 3 rings (SSSR count). The third-order valence-electron chi connectivity index (χ3n) is 3.66. The molecule has 0 aromatic carbocycles. The number of aromatic nitrogens is 4. The minimum Gasteiger partial charge on any atom is -0.450 e. The quantitative estimate of drug-likeness (QED) is 0.408. The van der Waals surface area contributed by atoms with E-state index in [0.29, 0.717) is 18.2 Å². The topological polar surface area (TPSA) is 53.6 Å². The Balaban J connectivity index is 1.66. The van der Waals surface area contributed by atoms with Crippen molar-refractivity contribution < 1.29 is 9.47 Å². The van der Waals surface area contributed by atoms with Crippen LogP contribution in [0.1, 0.15) is 5.69 Å². The highest BCUT2D eigenvalue weighted by Crippen LogP contribution is 2.28. The van der Waals surface area contributed by atoms with Gasteiger partial charge in [0.15, 0.2) is 17.1 Å². The highest BCUT2D eigenvalue weighted by molar-refractivity contribution is 9.10. The number of pyridine rings is 1. The lowest BCUT2D eigenvalue weighted by atomic mass is 10.4. The van der Waals surface area contributed by atoms with Gasteiger partial charge >= 0.3 is 0 Å². The van der Waals surface area contributed by atoms with Gasteiger partial charge in [0.1, 0.15) is 6.73 Å². The zero-order valence-corrected chi connectivity index (χ0v) is 17.6. The third kappa shape index (κ3) is 4.93. The molecule has 8 heteroatoms. The van der Waals surface area contributed by atoms with Crippen LogP contribution in [-0.4, -0.2) is 33.8 Å². The minimum atomic E-state index is -1.06. The van der Waals surface area contributed by atoms with E-state index in [1.54, 1.807) is 10.9 Å². The van der Waals surface area contributed by atoms with Gasteiger partial charge in [0.2, 0.25) is 0 Å². The fraction of sp³-hybridized carbons (Fsp3) is 0.412. The first-order chi connectivity index (χ1) is 11.8. The molecule has 25 heavy (non-hydrogen) atoms. The lowest BCUT2D eigenvalue weighted by molar-refractivity contribution is 0.0784. The predicted molar refractivity (Wildman–Crippen MR) is 104 cm³/mol. The maximum atomic E-state index is 5.98. The maximum absolute atomic E-state index is 5.98. The fourth-order valence-corrected chi connectivity index (χ4v) is 3.55. The maximum Gasteiger partial charge on any atom is 0.180 e. The number of halogens is 1. The monoisotopic (exact) mass is 422 g/mol. The van der Waals surface area contributed by atoms with Gasteiger partial charge in [0.05, 0.1) is 18.1 Å². The second-order valence-corrected chi connectivity index (χ2v) is 13.8. The Morgan fingerprint density at radius 3 is 2.76 bits per heavy atom. The first kappa shape index (κ1) is 18.2. The molecule has 0 radical (unpaired) electrons. The molecular weight excluding hydrogens is 400 g/mol. The zero-order valence-electron chi connectivity index (χ0n) is 15.0. The van der Waals surface area contributed by atoms with Crippen molar-refractivity contribution in [1.82, 2.24) is 19.2 Å². The van der Waals surface area contributed by atoms with Crippen molar-refractivity contribution >= 4 is 29.7 Å². The first-order valence-electron chi connectivity index (χ1n) is 8.23. The average Bonchev–Trinajstić information content (AvgIpc) is 3.08. The van der Waals surface area contributed by atoms with Crippen LogP contribution < -0.4 is 4.74 Å². The minimum absolute atomic E-state index is 0.435. The van der Waals surface area contributed by atoms with Gasteiger partial charge in [-0.25, -0.2) is 9.67 Å². The summed E-state index contributed by atoms with van der Waals surface area (Å²) in [7, 11) is -1.06. The van der Waals surface area contributed by atoms with Crippen molar-refractivity contribution in [2.24, 2.45) is 0 Å². The molecular formula is C17H23BrN4O2Si. The number of rotatable bonds is 7. The molecule has 134 valence electrons. The van der Waals surface area contributed by atoms with E-state index in [4.69, 9.17) is 9.47 Å². The van der Waals surface area contributed by atoms with E-state index < -0.39 is 8.07 Å². The van der Waals surface area contributed by atoms with Gasteiger partial charge in [-0.2, -0.15) is 5.10 Å². The Hall–Kier alpha value is -1.64. The first-order valence-corrected chi connectivity index (χ1v) is 12.7. The van der Waals surface area contributed by atoms with E-state index in [-0.39, 0.29) is 0 Å². The summed E-state index contributed by atoms with van der Waals surface area (Å²) >= 11 is 3.50. The van der Waals surface area contributed by atoms with E-state index in [1.165, 1.54) is 0 Å². The summed E-state index contributed by atoms with van der Waals surface area (Å²) in [5, 5.41) is 4.29. The number of hydrogen-bond donors (Lipinski definition) is 0. The largest absolute Gasteiger partial charge is 0.450 e.